The Kier molecular flexibility index (Phi) is 3.13. The lowest BCUT2D eigenvalue weighted by atomic mass is 9.70. The van der Waals surface area contributed by atoms with E-state index in [4.69, 9.17) is 0 Å². The monoisotopic (exact) mass is 196 g/mol. The second-order valence-electron chi connectivity index (χ2n) is 5.59. The second-order valence-corrected chi connectivity index (χ2v) is 5.59. The van der Waals surface area contributed by atoms with Crippen molar-refractivity contribution in [1.82, 2.24) is 10.6 Å². The van der Waals surface area contributed by atoms with Gasteiger partial charge in [0.15, 0.2) is 0 Å². The van der Waals surface area contributed by atoms with Gasteiger partial charge in [-0.3, -0.25) is 0 Å². The van der Waals surface area contributed by atoms with Crippen molar-refractivity contribution in [2.24, 2.45) is 11.3 Å². The molecule has 2 unspecified atom stereocenters. The van der Waals surface area contributed by atoms with E-state index >= 15 is 0 Å². The van der Waals surface area contributed by atoms with Crippen molar-refractivity contribution < 1.29 is 0 Å². The van der Waals surface area contributed by atoms with Gasteiger partial charge in [-0.1, -0.05) is 13.3 Å². The van der Waals surface area contributed by atoms with E-state index in [2.05, 4.69) is 24.5 Å². The van der Waals surface area contributed by atoms with E-state index in [1.54, 1.807) is 0 Å². The van der Waals surface area contributed by atoms with Gasteiger partial charge in [-0.15, -0.1) is 0 Å². The molecular weight excluding hydrogens is 172 g/mol. The maximum absolute atomic E-state index is 3.66. The lowest BCUT2D eigenvalue weighted by molar-refractivity contribution is 0.154. The average Bonchev–Trinajstić information content (AvgIpc) is 2.49. The van der Waals surface area contributed by atoms with Crippen LogP contribution in [-0.2, 0) is 0 Å². The van der Waals surface area contributed by atoms with Gasteiger partial charge in [-0.05, 0) is 50.6 Å². The van der Waals surface area contributed by atoms with Crippen molar-refractivity contribution in [2.75, 3.05) is 19.6 Å². The Hall–Kier alpha value is -0.0800. The van der Waals surface area contributed by atoms with Crippen molar-refractivity contribution in [3.8, 4) is 0 Å². The first-order chi connectivity index (χ1) is 6.70. The minimum atomic E-state index is 0.634. The summed E-state index contributed by atoms with van der Waals surface area (Å²) in [5, 5.41) is 7.17. The third-order valence-corrected chi connectivity index (χ3v) is 4.21. The molecule has 2 atom stereocenters. The minimum absolute atomic E-state index is 0.634. The fourth-order valence-electron chi connectivity index (χ4n) is 2.71. The molecule has 2 aliphatic rings. The Morgan fingerprint density at radius 1 is 1.43 bits per heavy atom. The lowest BCUT2D eigenvalue weighted by Crippen LogP contribution is -2.40. The molecule has 14 heavy (non-hydrogen) atoms. The molecule has 1 heterocycles. The molecule has 2 heteroatoms. The zero-order valence-electron chi connectivity index (χ0n) is 9.60. The maximum atomic E-state index is 3.66. The maximum Gasteiger partial charge on any atom is 0.00795 e. The lowest BCUT2D eigenvalue weighted by Gasteiger charge is -2.39. The Balaban J connectivity index is 1.62. The minimum Gasteiger partial charge on any atom is -0.316 e. The first-order valence-electron chi connectivity index (χ1n) is 6.14. The summed E-state index contributed by atoms with van der Waals surface area (Å²) in [4.78, 5) is 0. The SMILES string of the molecule is CC1NCCC1CNCC1(C)CCC1. The number of nitrogens with one attached hydrogen (secondary N) is 2. The first-order valence-corrected chi connectivity index (χ1v) is 6.14. The largest absolute Gasteiger partial charge is 0.316 e. The molecule has 1 saturated carbocycles. The van der Waals surface area contributed by atoms with Crippen LogP contribution in [0.2, 0.25) is 0 Å². The van der Waals surface area contributed by atoms with Crippen LogP contribution in [0.3, 0.4) is 0 Å². The molecule has 0 aromatic rings. The van der Waals surface area contributed by atoms with E-state index in [0.717, 1.165) is 12.0 Å². The highest BCUT2D eigenvalue weighted by Gasteiger charge is 2.31. The van der Waals surface area contributed by atoms with Crippen LogP contribution in [0.15, 0.2) is 0 Å². The zero-order chi connectivity index (χ0) is 10.0. The summed E-state index contributed by atoms with van der Waals surface area (Å²) >= 11 is 0. The van der Waals surface area contributed by atoms with Crippen molar-refractivity contribution in [1.29, 1.82) is 0 Å². The third-order valence-electron chi connectivity index (χ3n) is 4.21. The van der Waals surface area contributed by atoms with Crippen LogP contribution in [0, 0.1) is 11.3 Å². The summed E-state index contributed by atoms with van der Waals surface area (Å²) in [6.07, 6.45) is 5.65. The highest BCUT2D eigenvalue weighted by atomic mass is 15.0. The van der Waals surface area contributed by atoms with Crippen molar-refractivity contribution in [2.45, 2.75) is 45.6 Å². The van der Waals surface area contributed by atoms with E-state index in [1.165, 1.54) is 45.3 Å². The fourth-order valence-corrected chi connectivity index (χ4v) is 2.71. The summed E-state index contributed by atoms with van der Waals surface area (Å²) in [6.45, 7) is 8.38. The molecule has 0 amide bonds. The Morgan fingerprint density at radius 2 is 2.21 bits per heavy atom. The smallest absolute Gasteiger partial charge is 0.00795 e. The topological polar surface area (TPSA) is 24.1 Å². The Morgan fingerprint density at radius 3 is 2.71 bits per heavy atom. The third kappa shape index (κ3) is 2.29. The van der Waals surface area contributed by atoms with Gasteiger partial charge in [0.1, 0.15) is 0 Å². The first kappa shape index (κ1) is 10.4. The molecule has 1 aliphatic heterocycles. The van der Waals surface area contributed by atoms with Crippen LogP contribution in [-0.4, -0.2) is 25.7 Å². The van der Waals surface area contributed by atoms with Gasteiger partial charge < -0.3 is 10.6 Å². The van der Waals surface area contributed by atoms with Crippen LogP contribution in [0.25, 0.3) is 0 Å². The predicted octanol–water partition coefficient (Wildman–Crippen LogP) is 1.76. The van der Waals surface area contributed by atoms with E-state index in [-0.39, 0.29) is 0 Å². The van der Waals surface area contributed by atoms with E-state index < -0.39 is 0 Å². The number of hydrogen-bond donors (Lipinski definition) is 2. The Labute approximate surface area is 87.8 Å². The molecule has 0 spiro atoms. The molecule has 2 rings (SSSR count). The van der Waals surface area contributed by atoms with Crippen LogP contribution < -0.4 is 10.6 Å². The van der Waals surface area contributed by atoms with E-state index in [1.807, 2.05) is 0 Å². The van der Waals surface area contributed by atoms with Gasteiger partial charge in [0, 0.05) is 12.6 Å². The molecular formula is C12H24N2. The summed E-state index contributed by atoms with van der Waals surface area (Å²) < 4.78 is 0. The van der Waals surface area contributed by atoms with Gasteiger partial charge in [0.05, 0.1) is 0 Å². The predicted molar refractivity (Wildman–Crippen MR) is 60.4 cm³/mol. The number of rotatable bonds is 4. The quantitative estimate of drug-likeness (QED) is 0.716. The molecule has 2 fully saturated rings. The molecule has 2 N–H and O–H groups in total. The second kappa shape index (κ2) is 4.19. The van der Waals surface area contributed by atoms with Gasteiger partial charge in [-0.2, -0.15) is 0 Å². The Bertz CT molecular complexity index is 187. The molecule has 82 valence electrons. The number of hydrogen-bond acceptors (Lipinski definition) is 2. The highest BCUT2D eigenvalue weighted by molar-refractivity contribution is 4.87. The van der Waals surface area contributed by atoms with Gasteiger partial charge in [0.2, 0.25) is 0 Å². The van der Waals surface area contributed by atoms with Crippen LogP contribution >= 0.6 is 0 Å². The van der Waals surface area contributed by atoms with Crippen molar-refractivity contribution in [3.05, 3.63) is 0 Å². The summed E-state index contributed by atoms with van der Waals surface area (Å²) in [7, 11) is 0. The molecule has 0 radical (unpaired) electrons. The summed E-state index contributed by atoms with van der Waals surface area (Å²) in [5.41, 5.74) is 0.634. The molecule has 1 saturated heterocycles. The van der Waals surface area contributed by atoms with Crippen LogP contribution in [0.5, 0.6) is 0 Å². The summed E-state index contributed by atoms with van der Waals surface area (Å²) in [5.74, 6) is 0.860. The van der Waals surface area contributed by atoms with Gasteiger partial charge in [-0.25, -0.2) is 0 Å². The average molecular weight is 196 g/mol. The molecule has 0 aromatic carbocycles. The van der Waals surface area contributed by atoms with Crippen molar-refractivity contribution in [3.63, 3.8) is 0 Å². The van der Waals surface area contributed by atoms with Gasteiger partial charge in [0.25, 0.3) is 0 Å². The van der Waals surface area contributed by atoms with Gasteiger partial charge >= 0.3 is 0 Å². The van der Waals surface area contributed by atoms with Crippen molar-refractivity contribution >= 4 is 0 Å². The van der Waals surface area contributed by atoms with Crippen LogP contribution in [0.1, 0.15) is 39.5 Å². The highest BCUT2D eigenvalue weighted by Crippen LogP contribution is 2.39. The molecule has 0 bridgehead atoms. The fraction of sp³-hybridized carbons (Fsp3) is 1.00. The standard InChI is InChI=1S/C12H24N2/c1-10-11(4-7-14-10)8-13-9-12(2)5-3-6-12/h10-11,13-14H,3-9H2,1-2H3. The molecule has 1 aliphatic carbocycles. The zero-order valence-corrected chi connectivity index (χ0v) is 9.60. The normalized spacial score (nSPS) is 35.6. The van der Waals surface area contributed by atoms with E-state index in [9.17, 15) is 0 Å². The van der Waals surface area contributed by atoms with E-state index in [0.29, 0.717) is 5.41 Å². The summed E-state index contributed by atoms with van der Waals surface area (Å²) in [6, 6.07) is 0.719. The molecule has 2 nitrogen and oxygen atoms in total. The van der Waals surface area contributed by atoms with Crippen LogP contribution in [0.4, 0.5) is 0 Å². The molecule has 0 aromatic heterocycles.